The van der Waals surface area contributed by atoms with Gasteiger partial charge in [0.2, 0.25) is 5.91 Å². The van der Waals surface area contributed by atoms with Crippen LogP contribution in [0.25, 0.3) is 0 Å². The number of carbonyl (C=O) groups excluding carboxylic acids is 2. The fraction of sp³-hybridized carbons (Fsp3) is 0.182. The largest absolute Gasteiger partial charge is 0.467 e. The minimum Gasteiger partial charge on any atom is -0.467 e. The summed E-state index contributed by atoms with van der Waals surface area (Å²) in [6.07, 6.45) is 0.742. The molecule has 0 aliphatic carbocycles. The average molecular weight is 408 g/mol. The Balaban J connectivity index is 1.54. The molecule has 0 fully saturated rings. The Hall–Kier alpha value is -3.03. The van der Waals surface area contributed by atoms with Gasteiger partial charge >= 0.3 is 0 Å². The lowest BCUT2D eigenvalue weighted by molar-refractivity contribution is -0.116. The monoisotopic (exact) mass is 408 g/mol. The lowest BCUT2D eigenvalue weighted by atomic mass is 10.1. The lowest BCUT2D eigenvalue weighted by Gasteiger charge is -2.31. The van der Waals surface area contributed by atoms with Gasteiger partial charge in [-0.1, -0.05) is 30.3 Å². The first-order chi connectivity index (χ1) is 14.1. The predicted molar refractivity (Wildman–Crippen MR) is 111 cm³/mol. The van der Waals surface area contributed by atoms with Gasteiger partial charge in [0.15, 0.2) is 0 Å². The normalized spacial score (nSPS) is 14.4. The third-order valence-corrected chi connectivity index (χ3v) is 5.75. The summed E-state index contributed by atoms with van der Waals surface area (Å²) in [6, 6.07) is 18.1. The second kappa shape index (κ2) is 8.55. The van der Waals surface area contributed by atoms with Crippen LogP contribution in [0.5, 0.6) is 0 Å². The molecule has 7 heteroatoms. The molecule has 4 rings (SSSR count). The molecule has 1 aromatic heterocycles. The molecule has 1 aliphatic heterocycles. The van der Waals surface area contributed by atoms with E-state index in [4.69, 9.17) is 4.42 Å². The van der Waals surface area contributed by atoms with Gasteiger partial charge in [-0.2, -0.15) is 0 Å². The van der Waals surface area contributed by atoms with Gasteiger partial charge in [-0.3, -0.25) is 9.59 Å². The van der Waals surface area contributed by atoms with Crippen LogP contribution >= 0.6 is 11.8 Å². The number of hydrogen-bond donors (Lipinski definition) is 2. The molecule has 1 atom stereocenters. The van der Waals surface area contributed by atoms with Gasteiger partial charge in [0.05, 0.1) is 36.9 Å². The highest BCUT2D eigenvalue weighted by atomic mass is 32.2. The molecule has 6 nitrogen and oxygen atoms in total. The third kappa shape index (κ3) is 4.36. The van der Waals surface area contributed by atoms with Gasteiger partial charge in [0.1, 0.15) is 5.76 Å². The highest BCUT2D eigenvalue weighted by molar-refractivity contribution is 8.00. The summed E-state index contributed by atoms with van der Waals surface area (Å²) in [5.41, 5.74) is 1.84. The van der Waals surface area contributed by atoms with Gasteiger partial charge in [0, 0.05) is 10.5 Å². The molecule has 1 unspecified atom stereocenters. The van der Waals surface area contributed by atoms with Crippen LogP contribution in [0.15, 0.2) is 76.2 Å². The zero-order valence-electron chi connectivity index (χ0n) is 15.6. The van der Waals surface area contributed by atoms with Crippen molar-refractivity contribution in [3.05, 3.63) is 83.8 Å². The van der Waals surface area contributed by atoms with E-state index in [-0.39, 0.29) is 24.9 Å². The van der Waals surface area contributed by atoms with Crippen LogP contribution in [0, 0.1) is 0 Å². The number of aliphatic hydroxyl groups is 1. The quantitative estimate of drug-likeness (QED) is 0.653. The molecule has 2 amide bonds. The summed E-state index contributed by atoms with van der Waals surface area (Å²) in [7, 11) is 0. The first-order valence-corrected chi connectivity index (χ1v) is 10.2. The first-order valence-electron chi connectivity index (χ1n) is 9.22. The maximum Gasteiger partial charge on any atom is 0.251 e. The van der Waals surface area contributed by atoms with Gasteiger partial charge in [-0.05, 0) is 35.9 Å². The zero-order valence-corrected chi connectivity index (χ0v) is 16.4. The van der Waals surface area contributed by atoms with Crippen molar-refractivity contribution in [3.63, 3.8) is 0 Å². The second-order valence-corrected chi connectivity index (χ2v) is 7.68. The topological polar surface area (TPSA) is 82.8 Å². The van der Waals surface area contributed by atoms with Crippen LogP contribution in [0.1, 0.15) is 27.8 Å². The number of benzene rings is 2. The lowest BCUT2D eigenvalue weighted by Crippen LogP contribution is -2.38. The van der Waals surface area contributed by atoms with E-state index in [0.29, 0.717) is 22.8 Å². The molecular weight excluding hydrogens is 388 g/mol. The fourth-order valence-corrected chi connectivity index (χ4v) is 4.10. The SMILES string of the molecule is O=C(NCc1ccco1)c1ccc2c(c1)N(CC(O)c1ccccc1)C(=O)CS2. The standard InChI is InChI=1S/C22H20N2O4S/c25-19(15-5-2-1-3-6-15)13-24-18-11-16(8-9-20(18)29-14-21(24)26)22(27)23-12-17-7-4-10-28-17/h1-11,19,25H,12-14H2,(H,23,27). The highest BCUT2D eigenvalue weighted by Gasteiger charge is 2.28. The number of hydrogen-bond acceptors (Lipinski definition) is 5. The Kier molecular flexibility index (Phi) is 5.69. The number of fused-ring (bicyclic) bond motifs is 1. The van der Waals surface area contributed by atoms with Gasteiger partial charge < -0.3 is 19.7 Å². The van der Waals surface area contributed by atoms with E-state index in [0.717, 1.165) is 10.5 Å². The molecule has 0 saturated heterocycles. The van der Waals surface area contributed by atoms with Crippen LogP contribution in [-0.4, -0.2) is 29.2 Å². The van der Waals surface area contributed by atoms with E-state index in [1.165, 1.54) is 11.8 Å². The molecule has 2 aromatic carbocycles. The number of thioether (sulfide) groups is 1. The van der Waals surface area contributed by atoms with Crippen molar-refractivity contribution >= 4 is 29.3 Å². The van der Waals surface area contributed by atoms with Crippen LogP contribution in [0.3, 0.4) is 0 Å². The first kappa shape index (κ1) is 19.3. The molecule has 1 aliphatic rings. The summed E-state index contributed by atoms with van der Waals surface area (Å²) >= 11 is 1.44. The summed E-state index contributed by atoms with van der Waals surface area (Å²) in [5.74, 6) is 0.620. The van der Waals surface area contributed by atoms with Crippen molar-refractivity contribution in [1.29, 1.82) is 0 Å². The summed E-state index contributed by atoms with van der Waals surface area (Å²) in [4.78, 5) is 27.6. The van der Waals surface area contributed by atoms with E-state index < -0.39 is 6.10 Å². The molecule has 2 N–H and O–H groups in total. The van der Waals surface area contributed by atoms with Crippen LogP contribution < -0.4 is 10.2 Å². The minimum atomic E-state index is -0.812. The number of carbonyl (C=O) groups is 2. The Morgan fingerprint density at radius 2 is 2.00 bits per heavy atom. The Morgan fingerprint density at radius 3 is 2.76 bits per heavy atom. The van der Waals surface area contributed by atoms with E-state index in [2.05, 4.69) is 5.32 Å². The molecule has 0 saturated carbocycles. The summed E-state index contributed by atoms with van der Waals surface area (Å²) in [5, 5.41) is 13.4. The second-order valence-electron chi connectivity index (χ2n) is 6.66. The number of nitrogens with one attached hydrogen (secondary N) is 1. The maximum atomic E-state index is 12.6. The molecule has 2 heterocycles. The highest BCUT2D eigenvalue weighted by Crippen LogP contribution is 2.37. The van der Waals surface area contributed by atoms with E-state index in [1.807, 2.05) is 36.4 Å². The van der Waals surface area contributed by atoms with Crippen molar-refractivity contribution in [1.82, 2.24) is 5.32 Å². The molecule has 148 valence electrons. The Morgan fingerprint density at radius 1 is 1.17 bits per heavy atom. The molecular formula is C22H20N2O4S. The van der Waals surface area contributed by atoms with Gasteiger partial charge in [-0.25, -0.2) is 0 Å². The van der Waals surface area contributed by atoms with Gasteiger partial charge in [-0.15, -0.1) is 11.8 Å². The fourth-order valence-electron chi connectivity index (χ4n) is 3.18. The minimum absolute atomic E-state index is 0.0920. The van der Waals surface area contributed by atoms with Crippen molar-refractivity contribution < 1.29 is 19.1 Å². The molecule has 3 aromatic rings. The van der Waals surface area contributed by atoms with Crippen LogP contribution in [-0.2, 0) is 11.3 Å². The van der Waals surface area contributed by atoms with E-state index in [9.17, 15) is 14.7 Å². The number of anilines is 1. The van der Waals surface area contributed by atoms with Crippen molar-refractivity contribution in [2.45, 2.75) is 17.5 Å². The zero-order chi connectivity index (χ0) is 20.2. The van der Waals surface area contributed by atoms with Crippen molar-refractivity contribution in [2.24, 2.45) is 0 Å². The van der Waals surface area contributed by atoms with Crippen LogP contribution in [0.2, 0.25) is 0 Å². The molecule has 29 heavy (non-hydrogen) atoms. The molecule has 0 radical (unpaired) electrons. The number of β-amino-alcohol motifs (C(OH)–C–C–N with tert-alkyl or cyclic N) is 1. The average Bonchev–Trinajstić information content (AvgIpc) is 3.28. The van der Waals surface area contributed by atoms with Gasteiger partial charge in [0.25, 0.3) is 5.91 Å². The number of furan rings is 1. The number of amides is 2. The van der Waals surface area contributed by atoms with E-state index in [1.54, 1.807) is 35.4 Å². The van der Waals surface area contributed by atoms with Crippen molar-refractivity contribution in [2.75, 3.05) is 17.2 Å². The molecule has 0 bridgehead atoms. The Labute approximate surface area is 172 Å². The summed E-state index contributed by atoms with van der Waals surface area (Å²) < 4.78 is 5.23. The smallest absolute Gasteiger partial charge is 0.251 e. The Bertz CT molecular complexity index is 1000. The number of aliphatic hydroxyl groups excluding tert-OH is 1. The number of rotatable bonds is 6. The summed E-state index contributed by atoms with van der Waals surface area (Å²) in [6.45, 7) is 0.418. The van der Waals surface area contributed by atoms with E-state index >= 15 is 0 Å². The predicted octanol–water partition coefficient (Wildman–Crippen LogP) is 3.38. The van der Waals surface area contributed by atoms with Crippen molar-refractivity contribution in [3.8, 4) is 0 Å². The van der Waals surface area contributed by atoms with Crippen LogP contribution in [0.4, 0.5) is 5.69 Å². The molecule has 0 spiro atoms. The maximum absolute atomic E-state index is 12.6. The third-order valence-electron chi connectivity index (χ3n) is 4.71. The number of nitrogens with zero attached hydrogens (tertiary/aromatic N) is 1.